The van der Waals surface area contributed by atoms with Crippen molar-refractivity contribution in [3.8, 4) is 11.5 Å². The van der Waals surface area contributed by atoms with E-state index in [1.807, 2.05) is 0 Å². The average Bonchev–Trinajstić information content (AvgIpc) is 2.62. The Kier molecular flexibility index (Phi) is 7.87. The Hall–Kier alpha value is -3.30. The van der Waals surface area contributed by atoms with E-state index in [9.17, 15) is 19.2 Å². The molecule has 0 aliphatic rings. The predicted octanol–water partition coefficient (Wildman–Crippen LogP) is 1.96. The Bertz CT molecular complexity index is 686. The second-order valence-electron chi connectivity index (χ2n) is 4.93. The first-order chi connectivity index (χ1) is 12.3. The van der Waals surface area contributed by atoms with Gasteiger partial charge in [0.1, 0.15) is 6.04 Å². The molecule has 0 saturated carbocycles. The summed E-state index contributed by atoms with van der Waals surface area (Å²) in [5.74, 6) is -2.35. The third-order valence-corrected chi connectivity index (χ3v) is 3.11. The van der Waals surface area contributed by atoms with Crippen LogP contribution in [0.25, 0.3) is 0 Å². The summed E-state index contributed by atoms with van der Waals surface area (Å²) < 4.78 is 18.4. The molecule has 0 heterocycles. The highest BCUT2D eigenvalue weighted by molar-refractivity contribution is 5.97. The Labute approximate surface area is 149 Å². The molecule has 1 amide bonds. The summed E-state index contributed by atoms with van der Waals surface area (Å²) in [4.78, 5) is 46.0. The van der Waals surface area contributed by atoms with Crippen LogP contribution in [-0.4, -0.2) is 49.6 Å². The molecule has 0 saturated heterocycles. The maximum atomic E-state index is 12.3. The van der Waals surface area contributed by atoms with Crippen molar-refractivity contribution in [1.29, 1.82) is 0 Å². The first-order valence-corrected chi connectivity index (χ1v) is 7.51. The summed E-state index contributed by atoms with van der Waals surface area (Å²) in [5, 5.41) is 11.5. The first kappa shape index (κ1) is 20.7. The lowest BCUT2D eigenvalue weighted by Gasteiger charge is -2.15. The zero-order chi connectivity index (χ0) is 19.7. The van der Waals surface area contributed by atoms with Gasteiger partial charge in [0.2, 0.25) is 0 Å². The first-order valence-electron chi connectivity index (χ1n) is 7.51. The van der Waals surface area contributed by atoms with Crippen molar-refractivity contribution >= 4 is 24.2 Å². The number of methoxy groups -OCH3 is 2. The molecular formula is C16H19NO9. The third kappa shape index (κ3) is 5.96. The zero-order valence-electron chi connectivity index (χ0n) is 14.4. The second-order valence-corrected chi connectivity index (χ2v) is 4.93. The van der Waals surface area contributed by atoms with Crippen molar-refractivity contribution in [2.24, 2.45) is 0 Å². The van der Waals surface area contributed by atoms with Crippen LogP contribution in [0.5, 0.6) is 11.5 Å². The van der Waals surface area contributed by atoms with Crippen LogP contribution >= 0.6 is 0 Å². The molecule has 0 aliphatic carbocycles. The van der Waals surface area contributed by atoms with E-state index in [1.54, 1.807) is 6.92 Å². The number of hydrogen-bond donors (Lipinski definition) is 2. The van der Waals surface area contributed by atoms with Crippen molar-refractivity contribution in [2.45, 2.75) is 25.8 Å². The van der Waals surface area contributed by atoms with Gasteiger partial charge in [0, 0.05) is 5.56 Å². The fourth-order valence-corrected chi connectivity index (χ4v) is 1.86. The van der Waals surface area contributed by atoms with E-state index in [0.717, 1.165) is 20.3 Å². The SMILES string of the molecule is CCC[C@H](NC(=O)c1ccc(OC(=O)OC)c(OC(=O)OC)c1)C(=O)O. The minimum absolute atomic E-state index is 0.0107. The summed E-state index contributed by atoms with van der Waals surface area (Å²) in [5.41, 5.74) is -0.0107. The number of carbonyl (C=O) groups excluding carboxylic acids is 3. The standard InChI is InChI=1S/C16H19NO9/c1-4-5-10(14(19)20)17-13(18)9-6-7-11(25-15(21)23-2)12(8-9)26-16(22)24-3/h6-8,10H,4-5H2,1-3H3,(H,17,18)(H,19,20)/t10-/m0/s1. The lowest BCUT2D eigenvalue weighted by molar-refractivity contribution is -0.139. The van der Waals surface area contributed by atoms with E-state index in [1.165, 1.54) is 12.1 Å². The molecule has 0 spiro atoms. The lowest BCUT2D eigenvalue weighted by Crippen LogP contribution is -2.40. The van der Waals surface area contributed by atoms with E-state index in [0.29, 0.717) is 6.42 Å². The molecule has 1 rings (SSSR count). The molecule has 10 heteroatoms. The van der Waals surface area contributed by atoms with E-state index in [-0.39, 0.29) is 23.5 Å². The fourth-order valence-electron chi connectivity index (χ4n) is 1.86. The van der Waals surface area contributed by atoms with Crippen LogP contribution in [0.3, 0.4) is 0 Å². The highest BCUT2D eigenvalue weighted by Crippen LogP contribution is 2.29. The number of carbonyl (C=O) groups is 4. The van der Waals surface area contributed by atoms with Gasteiger partial charge in [0.25, 0.3) is 5.91 Å². The number of benzene rings is 1. The quantitative estimate of drug-likeness (QED) is 0.545. The number of rotatable bonds is 7. The summed E-state index contributed by atoms with van der Waals surface area (Å²) >= 11 is 0. The van der Waals surface area contributed by atoms with Gasteiger partial charge in [0.15, 0.2) is 11.5 Å². The van der Waals surface area contributed by atoms with Gasteiger partial charge in [-0.2, -0.15) is 0 Å². The number of aliphatic carboxylic acids is 1. The van der Waals surface area contributed by atoms with Gasteiger partial charge in [-0.1, -0.05) is 13.3 Å². The Morgan fingerprint density at radius 3 is 2.12 bits per heavy atom. The van der Waals surface area contributed by atoms with Crippen LogP contribution in [0.15, 0.2) is 18.2 Å². The number of nitrogens with one attached hydrogen (secondary N) is 1. The van der Waals surface area contributed by atoms with E-state index in [4.69, 9.17) is 14.6 Å². The number of amides is 1. The van der Waals surface area contributed by atoms with Crippen molar-refractivity contribution in [3.63, 3.8) is 0 Å². The number of ether oxygens (including phenoxy) is 4. The second kappa shape index (κ2) is 9.87. The topological polar surface area (TPSA) is 137 Å². The van der Waals surface area contributed by atoms with Gasteiger partial charge in [-0.15, -0.1) is 0 Å². The monoisotopic (exact) mass is 369 g/mol. The minimum Gasteiger partial charge on any atom is -0.480 e. The van der Waals surface area contributed by atoms with Crippen molar-refractivity contribution in [3.05, 3.63) is 23.8 Å². The van der Waals surface area contributed by atoms with Gasteiger partial charge >= 0.3 is 18.3 Å². The van der Waals surface area contributed by atoms with Crippen LogP contribution in [0.1, 0.15) is 30.1 Å². The molecule has 1 aromatic rings. The lowest BCUT2D eigenvalue weighted by atomic mass is 10.1. The van der Waals surface area contributed by atoms with Crippen molar-refractivity contribution in [1.82, 2.24) is 5.32 Å². The van der Waals surface area contributed by atoms with Gasteiger partial charge < -0.3 is 29.4 Å². The van der Waals surface area contributed by atoms with Crippen LogP contribution in [0.4, 0.5) is 9.59 Å². The van der Waals surface area contributed by atoms with Gasteiger partial charge in [-0.3, -0.25) is 4.79 Å². The zero-order valence-corrected chi connectivity index (χ0v) is 14.4. The molecule has 0 radical (unpaired) electrons. The molecule has 142 valence electrons. The Morgan fingerprint density at radius 1 is 1.04 bits per heavy atom. The van der Waals surface area contributed by atoms with Gasteiger partial charge in [-0.05, 0) is 24.6 Å². The molecule has 2 N–H and O–H groups in total. The normalized spacial score (nSPS) is 11.0. The largest absolute Gasteiger partial charge is 0.513 e. The molecule has 0 fully saturated rings. The summed E-state index contributed by atoms with van der Waals surface area (Å²) in [6, 6.07) is 2.50. The molecule has 0 unspecified atom stereocenters. The molecule has 10 nitrogen and oxygen atoms in total. The maximum absolute atomic E-state index is 12.3. The van der Waals surface area contributed by atoms with E-state index >= 15 is 0 Å². The maximum Gasteiger partial charge on any atom is 0.513 e. The number of hydrogen-bond acceptors (Lipinski definition) is 8. The van der Waals surface area contributed by atoms with Crippen molar-refractivity contribution in [2.75, 3.05) is 14.2 Å². The average molecular weight is 369 g/mol. The summed E-state index contributed by atoms with van der Waals surface area (Å²) in [6.07, 6.45) is -1.37. The molecule has 0 aromatic heterocycles. The fraction of sp³-hybridized carbons (Fsp3) is 0.375. The molecule has 0 bridgehead atoms. The van der Waals surface area contributed by atoms with Crippen LogP contribution in [0, 0.1) is 0 Å². The highest BCUT2D eigenvalue weighted by Gasteiger charge is 2.22. The Morgan fingerprint density at radius 2 is 1.62 bits per heavy atom. The Balaban J connectivity index is 3.09. The van der Waals surface area contributed by atoms with Crippen LogP contribution in [-0.2, 0) is 14.3 Å². The molecular weight excluding hydrogens is 350 g/mol. The van der Waals surface area contributed by atoms with Gasteiger partial charge in [-0.25, -0.2) is 14.4 Å². The predicted molar refractivity (Wildman–Crippen MR) is 86.3 cm³/mol. The summed E-state index contributed by atoms with van der Waals surface area (Å²) in [6.45, 7) is 1.78. The molecule has 1 aromatic carbocycles. The number of carboxylic acids is 1. The third-order valence-electron chi connectivity index (χ3n) is 3.11. The van der Waals surface area contributed by atoms with E-state index < -0.39 is 30.2 Å². The smallest absolute Gasteiger partial charge is 0.480 e. The highest BCUT2D eigenvalue weighted by atomic mass is 16.7. The molecule has 0 aliphatic heterocycles. The minimum atomic E-state index is -1.17. The van der Waals surface area contributed by atoms with Crippen LogP contribution in [0.2, 0.25) is 0 Å². The van der Waals surface area contributed by atoms with Gasteiger partial charge in [0.05, 0.1) is 14.2 Å². The van der Waals surface area contributed by atoms with E-state index in [2.05, 4.69) is 14.8 Å². The molecule has 26 heavy (non-hydrogen) atoms. The summed E-state index contributed by atoms with van der Waals surface area (Å²) in [7, 11) is 2.16. The number of carboxylic acid groups (broad SMARTS) is 1. The molecule has 1 atom stereocenters. The van der Waals surface area contributed by atoms with Crippen molar-refractivity contribution < 1.29 is 43.2 Å². The van der Waals surface area contributed by atoms with Crippen LogP contribution < -0.4 is 14.8 Å².